The van der Waals surface area contributed by atoms with E-state index in [1.54, 1.807) is 0 Å². The Hall–Kier alpha value is -0.790. The number of nitrogens with two attached hydrogens (primary N) is 1. The normalized spacial score (nSPS) is 46.5. The van der Waals surface area contributed by atoms with E-state index in [2.05, 4.69) is 0 Å². The molecule has 4 aliphatic rings. The third-order valence-corrected chi connectivity index (χ3v) is 4.87. The van der Waals surface area contributed by atoms with E-state index >= 15 is 0 Å². The highest BCUT2D eigenvalue weighted by atomic mass is 14.9. The lowest BCUT2D eigenvalue weighted by Gasteiger charge is -2.21. The van der Waals surface area contributed by atoms with Crippen molar-refractivity contribution in [2.24, 2.45) is 22.1 Å². The first-order chi connectivity index (χ1) is 7.79. The van der Waals surface area contributed by atoms with E-state index < -0.39 is 0 Å². The van der Waals surface area contributed by atoms with E-state index in [1.165, 1.54) is 68.3 Å². The van der Waals surface area contributed by atoms with Crippen molar-refractivity contribution in [3.63, 3.8) is 0 Å². The number of rotatable bonds is 2. The van der Waals surface area contributed by atoms with E-state index in [4.69, 9.17) is 10.7 Å². The van der Waals surface area contributed by atoms with Crippen molar-refractivity contribution >= 4 is 5.71 Å². The SMILES string of the molecule is NC(=C1CCCCC1=NC1CC1)C12CC1C2. The van der Waals surface area contributed by atoms with Crippen LogP contribution in [0.5, 0.6) is 0 Å². The quantitative estimate of drug-likeness (QED) is 0.757. The van der Waals surface area contributed by atoms with Gasteiger partial charge in [0.1, 0.15) is 0 Å². The van der Waals surface area contributed by atoms with Crippen LogP contribution in [0.3, 0.4) is 0 Å². The number of nitrogens with zero attached hydrogens (tertiary/aromatic N) is 1. The summed E-state index contributed by atoms with van der Waals surface area (Å²) in [5.41, 5.74) is 11.0. The van der Waals surface area contributed by atoms with Gasteiger partial charge in [0, 0.05) is 16.8 Å². The Kier molecular flexibility index (Phi) is 1.68. The number of fused-ring (bicyclic) bond motifs is 1. The molecule has 0 amide bonds. The van der Waals surface area contributed by atoms with Gasteiger partial charge in [-0.2, -0.15) is 0 Å². The molecule has 0 saturated heterocycles. The molecule has 16 heavy (non-hydrogen) atoms. The van der Waals surface area contributed by atoms with Crippen molar-refractivity contribution in [1.29, 1.82) is 0 Å². The maximum absolute atomic E-state index is 6.41. The highest BCUT2D eigenvalue weighted by molar-refractivity contribution is 6.01. The maximum Gasteiger partial charge on any atom is 0.0504 e. The number of aliphatic imine (C=N–C) groups is 1. The molecule has 0 aromatic carbocycles. The van der Waals surface area contributed by atoms with Crippen LogP contribution in [0, 0.1) is 11.3 Å². The van der Waals surface area contributed by atoms with Crippen molar-refractivity contribution < 1.29 is 0 Å². The Labute approximate surface area is 97.0 Å². The molecule has 86 valence electrons. The van der Waals surface area contributed by atoms with Crippen LogP contribution in [0.15, 0.2) is 16.3 Å². The fraction of sp³-hybridized carbons (Fsp3) is 0.786. The summed E-state index contributed by atoms with van der Waals surface area (Å²) < 4.78 is 0. The highest BCUT2D eigenvalue weighted by Crippen LogP contribution is 2.78. The summed E-state index contributed by atoms with van der Waals surface area (Å²) in [7, 11) is 0. The van der Waals surface area contributed by atoms with E-state index in [-0.39, 0.29) is 0 Å². The molecule has 0 spiro atoms. The first-order valence-electron chi connectivity index (χ1n) is 6.86. The predicted molar refractivity (Wildman–Crippen MR) is 65.3 cm³/mol. The average Bonchev–Trinajstić information content (AvgIpc) is 3.09. The molecule has 4 saturated carbocycles. The van der Waals surface area contributed by atoms with Gasteiger partial charge in [-0.3, -0.25) is 4.99 Å². The van der Waals surface area contributed by atoms with Crippen LogP contribution in [0.4, 0.5) is 0 Å². The molecule has 0 aromatic heterocycles. The molecule has 4 aliphatic carbocycles. The van der Waals surface area contributed by atoms with Crippen LogP contribution in [-0.2, 0) is 0 Å². The molecule has 0 atom stereocenters. The second-order valence-corrected chi connectivity index (χ2v) is 6.17. The minimum absolute atomic E-state index is 0.497. The molecule has 4 rings (SSSR count). The van der Waals surface area contributed by atoms with Crippen molar-refractivity contribution in [2.75, 3.05) is 0 Å². The Balaban J connectivity index is 1.67. The van der Waals surface area contributed by atoms with E-state index in [0.29, 0.717) is 11.5 Å². The highest BCUT2D eigenvalue weighted by Gasteiger charge is 2.71. The summed E-state index contributed by atoms with van der Waals surface area (Å²) in [6.45, 7) is 0. The number of allylic oxidation sites excluding steroid dienone is 2. The standard InChI is InChI=1S/C14H20N2/c15-13(14-7-9(14)8-14)11-3-1-2-4-12(11)16-10-5-6-10/h9-10H,1-8,15H2. The molecular weight excluding hydrogens is 196 g/mol. The molecule has 0 bridgehead atoms. The van der Waals surface area contributed by atoms with Crippen molar-refractivity contribution in [1.82, 2.24) is 0 Å². The van der Waals surface area contributed by atoms with Crippen molar-refractivity contribution in [2.45, 2.75) is 57.4 Å². The third-order valence-electron chi connectivity index (χ3n) is 4.87. The van der Waals surface area contributed by atoms with E-state index in [1.807, 2.05) is 0 Å². The largest absolute Gasteiger partial charge is 0.401 e. The number of hydrogen-bond donors (Lipinski definition) is 1. The van der Waals surface area contributed by atoms with Crippen LogP contribution in [0.2, 0.25) is 0 Å². The number of hydrogen-bond acceptors (Lipinski definition) is 2. The minimum atomic E-state index is 0.497. The summed E-state index contributed by atoms with van der Waals surface area (Å²) in [6, 6.07) is 0.655. The lowest BCUT2D eigenvalue weighted by molar-refractivity contribution is 0.685. The van der Waals surface area contributed by atoms with Crippen LogP contribution in [-0.4, -0.2) is 11.8 Å². The second kappa shape index (κ2) is 2.91. The molecule has 0 unspecified atom stereocenters. The van der Waals surface area contributed by atoms with Crippen molar-refractivity contribution in [3.8, 4) is 0 Å². The summed E-state index contributed by atoms with van der Waals surface area (Å²) in [5.74, 6) is 0.962. The zero-order valence-electron chi connectivity index (χ0n) is 9.84. The summed E-state index contributed by atoms with van der Waals surface area (Å²) in [5, 5.41) is 0. The Morgan fingerprint density at radius 2 is 1.88 bits per heavy atom. The monoisotopic (exact) mass is 216 g/mol. The molecule has 2 heteroatoms. The van der Waals surface area contributed by atoms with Gasteiger partial charge < -0.3 is 5.73 Å². The van der Waals surface area contributed by atoms with Crippen molar-refractivity contribution in [3.05, 3.63) is 11.3 Å². The average molecular weight is 216 g/mol. The van der Waals surface area contributed by atoms with Gasteiger partial charge in [-0.1, -0.05) is 0 Å². The molecule has 4 fully saturated rings. The predicted octanol–water partition coefficient (Wildman–Crippen LogP) is 2.79. The third kappa shape index (κ3) is 1.28. The fourth-order valence-corrected chi connectivity index (χ4v) is 3.19. The van der Waals surface area contributed by atoms with Crippen LogP contribution in [0.25, 0.3) is 0 Å². The van der Waals surface area contributed by atoms with Gasteiger partial charge in [0.15, 0.2) is 0 Å². The molecule has 2 N–H and O–H groups in total. The van der Waals surface area contributed by atoms with Gasteiger partial charge in [-0.05, 0) is 62.9 Å². The lowest BCUT2D eigenvalue weighted by atomic mass is 9.88. The zero-order chi connectivity index (χ0) is 10.8. The Bertz CT molecular complexity index is 395. The molecule has 0 aliphatic heterocycles. The fourth-order valence-electron chi connectivity index (χ4n) is 3.19. The van der Waals surface area contributed by atoms with Gasteiger partial charge in [0.05, 0.1) is 6.04 Å². The first kappa shape index (κ1) is 9.26. The van der Waals surface area contributed by atoms with E-state index in [0.717, 1.165) is 5.92 Å². The molecule has 0 aromatic rings. The smallest absolute Gasteiger partial charge is 0.0504 e. The Morgan fingerprint density at radius 3 is 2.50 bits per heavy atom. The van der Waals surface area contributed by atoms with Gasteiger partial charge in [-0.25, -0.2) is 0 Å². The van der Waals surface area contributed by atoms with Gasteiger partial charge >= 0.3 is 0 Å². The molecule has 2 nitrogen and oxygen atoms in total. The summed E-state index contributed by atoms with van der Waals surface area (Å²) in [6.07, 6.45) is 10.4. The minimum Gasteiger partial charge on any atom is -0.401 e. The van der Waals surface area contributed by atoms with Gasteiger partial charge in [0.2, 0.25) is 0 Å². The van der Waals surface area contributed by atoms with Crippen LogP contribution < -0.4 is 5.73 Å². The summed E-state index contributed by atoms with van der Waals surface area (Å²) in [4.78, 5) is 4.89. The van der Waals surface area contributed by atoms with Crippen LogP contribution >= 0.6 is 0 Å². The first-order valence-corrected chi connectivity index (χ1v) is 6.86. The Morgan fingerprint density at radius 1 is 1.19 bits per heavy atom. The van der Waals surface area contributed by atoms with Gasteiger partial charge in [0.25, 0.3) is 0 Å². The van der Waals surface area contributed by atoms with E-state index in [9.17, 15) is 0 Å². The topological polar surface area (TPSA) is 38.4 Å². The lowest BCUT2D eigenvalue weighted by Crippen LogP contribution is -2.19. The van der Waals surface area contributed by atoms with Gasteiger partial charge in [-0.15, -0.1) is 0 Å². The molecule has 0 heterocycles. The molecular formula is C14H20N2. The summed E-state index contributed by atoms with van der Waals surface area (Å²) >= 11 is 0. The maximum atomic E-state index is 6.41. The second-order valence-electron chi connectivity index (χ2n) is 6.17. The zero-order valence-corrected chi connectivity index (χ0v) is 9.84. The molecule has 0 radical (unpaired) electrons. The van der Waals surface area contributed by atoms with Crippen LogP contribution in [0.1, 0.15) is 51.4 Å².